The molecular weight excluding hydrogens is 188 g/mol. The molecule has 15 heavy (non-hydrogen) atoms. The van der Waals surface area contributed by atoms with Crippen LogP contribution in [0.5, 0.6) is 0 Å². The van der Waals surface area contributed by atoms with Crippen LogP contribution in [0.2, 0.25) is 0 Å². The number of rotatable bonds is 4. The fourth-order valence-corrected chi connectivity index (χ4v) is 1.05. The quantitative estimate of drug-likeness (QED) is 0.555. The normalized spacial score (nSPS) is 10.9. The molecular formula is C13H14O2. The summed E-state index contributed by atoms with van der Waals surface area (Å²) in [5.41, 5.74) is 0.602. The lowest BCUT2D eigenvalue weighted by Crippen LogP contribution is -2.03. The van der Waals surface area contributed by atoms with Crippen LogP contribution in [-0.4, -0.2) is 11.6 Å². The van der Waals surface area contributed by atoms with Gasteiger partial charge in [-0.15, -0.1) is 0 Å². The maximum Gasteiger partial charge on any atom is 0.185 e. The maximum atomic E-state index is 11.5. The van der Waals surface area contributed by atoms with Gasteiger partial charge in [-0.2, -0.15) is 0 Å². The Morgan fingerprint density at radius 2 is 1.67 bits per heavy atom. The highest BCUT2D eigenvalue weighted by molar-refractivity contribution is 6.08. The zero-order valence-corrected chi connectivity index (χ0v) is 8.94. The molecule has 0 saturated carbocycles. The summed E-state index contributed by atoms with van der Waals surface area (Å²) in [5.74, 6) is -0.228. The minimum absolute atomic E-state index is 0.0284. The van der Waals surface area contributed by atoms with E-state index in [1.165, 1.54) is 12.2 Å². The van der Waals surface area contributed by atoms with Crippen LogP contribution in [0.15, 0.2) is 42.5 Å². The predicted octanol–water partition coefficient (Wildman–Crippen LogP) is 2.65. The van der Waals surface area contributed by atoms with Crippen LogP contribution in [0.3, 0.4) is 0 Å². The molecule has 0 spiro atoms. The van der Waals surface area contributed by atoms with Crippen molar-refractivity contribution in [1.82, 2.24) is 0 Å². The second-order valence-electron chi connectivity index (χ2n) is 3.62. The smallest absolute Gasteiger partial charge is 0.185 e. The topological polar surface area (TPSA) is 34.1 Å². The molecule has 0 heterocycles. The van der Waals surface area contributed by atoms with Gasteiger partial charge < -0.3 is 0 Å². The molecule has 0 aliphatic rings. The van der Waals surface area contributed by atoms with Crippen molar-refractivity contribution in [3.8, 4) is 0 Å². The molecule has 0 aliphatic heterocycles. The van der Waals surface area contributed by atoms with Crippen molar-refractivity contribution in [1.29, 1.82) is 0 Å². The van der Waals surface area contributed by atoms with Crippen LogP contribution in [0.1, 0.15) is 24.2 Å². The number of hydrogen-bond acceptors (Lipinski definition) is 2. The third-order valence-electron chi connectivity index (χ3n) is 2.03. The van der Waals surface area contributed by atoms with Crippen LogP contribution in [0.25, 0.3) is 0 Å². The summed E-state index contributed by atoms with van der Waals surface area (Å²) in [6.45, 7) is 3.61. The minimum atomic E-state index is -0.135. The second-order valence-corrected chi connectivity index (χ2v) is 3.62. The molecule has 1 aromatic carbocycles. The van der Waals surface area contributed by atoms with Crippen molar-refractivity contribution in [2.45, 2.75) is 13.8 Å². The molecule has 2 heteroatoms. The molecule has 0 radical (unpaired) electrons. The highest BCUT2D eigenvalue weighted by atomic mass is 16.1. The van der Waals surface area contributed by atoms with Crippen molar-refractivity contribution in [3.05, 3.63) is 48.0 Å². The molecule has 0 amide bonds. The molecule has 0 bridgehead atoms. The van der Waals surface area contributed by atoms with Crippen molar-refractivity contribution in [2.24, 2.45) is 5.92 Å². The highest BCUT2D eigenvalue weighted by Crippen LogP contribution is 2.02. The van der Waals surface area contributed by atoms with E-state index in [1.807, 2.05) is 6.07 Å². The standard InChI is InChI=1S/C13H14O2/c1-10(2)12(14)8-9-13(15)11-6-4-3-5-7-11/h3-10H,1-2H3/b9-8+. The molecule has 0 unspecified atom stereocenters. The highest BCUT2D eigenvalue weighted by Gasteiger charge is 2.04. The fourth-order valence-electron chi connectivity index (χ4n) is 1.05. The van der Waals surface area contributed by atoms with Gasteiger partial charge in [-0.25, -0.2) is 0 Å². The van der Waals surface area contributed by atoms with Gasteiger partial charge in [0.25, 0.3) is 0 Å². The summed E-state index contributed by atoms with van der Waals surface area (Å²) in [6, 6.07) is 8.90. The first-order valence-electron chi connectivity index (χ1n) is 4.92. The van der Waals surface area contributed by atoms with Crippen LogP contribution in [-0.2, 0) is 4.79 Å². The van der Waals surface area contributed by atoms with Gasteiger partial charge in [0.1, 0.15) is 0 Å². The van der Waals surface area contributed by atoms with E-state index >= 15 is 0 Å². The van der Waals surface area contributed by atoms with Crippen LogP contribution < -0.4 is 0 Å². The van der Waals surface area contributed by atoms with Crippen LogP contribution in [0.4, 0.5) is 0 Å². The third-order valence-corrected chi connectivity index (χ3v) is 2.03. The Bertz CT molecular complexity index is 375. The zero-order chi connectivity index (χ0) is 11.3. The van der Waals surface area contributed by atoms with E-state index in [-0.39, 0.29) is 17.5 Å². The minimum Gasteiger partial charge on any atom is -0.295 e. The van der Waals surface area contributed by atoms with Gasteiger partial charge in [0.15, 0.2) is 11.6 Å². The van der Waals surface area contributed by atoms with Crippen molar-refractivity contribution in [2.75, 3.05) is 0 Å². The second kappa shape index (κ2) is 5.25. The lowest BCUT2D eigenvalue weighted by atomic mass is 10.1. The van der Waals surface area contributed by atoms with Crippen LogP contribution in [0, 0.1) is 5.92 Å². The Morgan fingerprint density at radius 1 is 1.07 bits per heavy atom. The van der Waals surface area contributed by atoms with E-state index in [4.69, 9.17) is 0 Å². The Kier molecular flexibility index (Phi) is 3.98. The largest absolute Gasteiger partial charge is 0.295 e. The summed E-state index contributed by atoms with van der Waals surface area (Å²) in [4.78, 5) is 22.8. The molecule has 0 aromatic heterocycles. The molecule has 0 saturated heterocycles. The van der Waals surface area contributed by atoms with Gasteiger partial charge in [-0.3, -0.25) is 9.59 Å². The van der Waals surface area contributed by atoms with E-state index in [1.54, 1.807) is 38.1 Å². The molecule has 2 nitrogen and oxygen atoms in total. The summed E-state index contributed by atoms with van der Waals surface area (Å²) >= 11 is 0. The van der Waals surface area contributed by atoms with Gasteiger partial charge >= 0.3 is 0 Å². The zero-order valence-electron chi connectivity index (χ0n) is 8.94. The predicted molar refractivity (Wildman–Crippen MR) is 59.8 cm³/mol. The van der Waals surface area contributed by atoms with E-state index < -0.39 is 0 Å². The first-order valence-corrected chi connectivity index (χ1v) is 4.92. The Hall–Kier alpha value is -1.70. The summed E-state index contributed by atoms with van der Waals surface area (Å²) in [5, 5.41) is 0. The van der Waals surface area contributed by atoms with E-state index in [0.29, 0.717) is 5.56 Å². The van der Waals surface area contributed by atoms with E-state index in [0.717, 1.165) is 0 Å². The SMILES string of the molecule is CC(C)C(=O)/C=C/C(=O)c1ccccc1. The van der Waals surface area contributed by atoms with Gasteiger partial charge in [-0.1, -0.05) is 44.2 Å². The number of hydrogen-bond donors (Lipinski definition) is 0. The summed E-state index contributed by atoms with van der Waals surface area (Å²) < 4.78 is 0. The van der Waals surface area contributed by atoms with Crippen molar-refractivity contribution in [3.63, 3.8) is 0 Å². The van der Waals surface area contributed by atoms with Crippen LogP contribution >= 0.6 is 0 Å². The average molecular weight is 202 g/mol. The van der Waals surface area contributed by atoms with Crippen molar-refractivity contribution >= 4 is 11.6 Å². The molecule has 0 atom stereocenters. The average Bonchev–Trinajstić information content (AvgIpc) is 2.26. The number of ketones is 2. The third kappa shape index (κ3) is 3.50. The first kappa shape index (κ1) is 11.4. The Morgan fingerprint density at radius 3 is 2.20 bits per heavy atom. The molecule has 1 rings (SSSR count). The Labute approximate surface area is 89.6 Å². The number of allylic oxidation sites excluding steroid dienone is 2. The van der Waals surface area contributed by atoms with E-state index in [2.05, 4.69) is 0 Å². The first-order chi connectivity index (χ1) is 7.11. The fraction of sp³-hybridized carbons (Fsp3) is 0.231. The van der Waals surface area contributed by atoms with Gasteiger partial charge in [0.05, 0.1) is 0 Å². The summed E-state index contributed by atoms with van der Waals surface area (Å²) in [6.07, 6.45) is 2.68. The molecule has 0 N–H and O–H groups in total. The van der Waals surface area contributed by atoms with E-state index in [9.17, 15) is 9.59 Å². The van der Waals surface area contributed by atoms with Gasteiger partial charge in [0.2, 0.25) is 0 Å². The lowest BCUT2D eigenvalue weighted by Gasteiger charge is -1.96. The molecule has 0 aliphatic carbocycles. The van der Waals surface area contributed by atoms with Gasteiger partial charge in [0, 0.05) is 11.5 Å². The Balaban J connectivity index is 2.69. The maximum absolute atomic E-state index is 11.5. The lowest BCUT2D eigenvalue weighted by molar-refractivity contribution is -0.117. The molecule has 78 valence electrons. The van der Waals surface area contributed by atoms with Crippen molar-refractivity contribution < 1.29 is 9.59 Å². The monoisotopic (exact) mass is 202 g/mol. The molecule has 0 fully saturated rings. The number of carbonyl (C=O) groups excluding carboxylic acids is 2. The van der Waals surface area contributed by atoms with Gasteiger partial charge in [-0.05, 0) is 12.2 Å². The molecule has 1 aromatic rings. The summed E-state index contributed by atoms with van der Waals surface area (Å²) in [7, 11) is 0. The number of carbonyl (C=O) groups is 2. The number of benzene rings is 1.